The van der Waals surface area contributed by atoms with Gasteiger partial charge in [-0.15, -0.1) is 0 Å². The maximum absolute atomic E-state index is 13.0. The van der Waals surface area contributed by atoms with Crippen LogP contribution in [0.3, 0.4) is 0 Å². The summed E-state index contributed by atoms with van der Waals surface area (Å²) in [7, 11) is 1.54. The van der Waals surface area contributed by atoms with Gasteiger partial charge in [0, 0.05) is 6.42 Å². The number of rotatable bonds is 48. The highest BCUT2D eigenvalue weighted by atomic mass is 31.2. The normalized spacial score (nSPS) is 14.7. The Morgan fingerprint density at radius 3 is 1.39 bits per heavy atom. The van der Waals surface area contributed by atoms with E-state index in [-0.39, 0.29) is 19.1 Å². The molecule has 382 valence electrons. The Labute approximate surface area is 407 Å². The molecular formula is C57H104N2O6P+. The van der Waals surface area contributed by atoms with Crippen LogP contribution in [-0.2, 0) is 18.4 Å². The number of likely N-dealkylation sites (N-methyl/N-ethyl adjacent to an activating group) is 1. The van der Waals surface area contributed by atoms with Gasteiger partial charge in [0.15, 0.2) is 0 Å². The van der Waals surface area contributed by atoms with Crippen molar-refractivity contribution >= 4 is 13.7 Å². The van der Waals surface area contributed by atoms with Crippen LogP contribution in [-0.4, -0.2) is 73.4 Å². The first-order valence-corrected chi connectivity index (χ1v) is 28.5. The van der Waals surface area contributed by atoms with Gasteiger partial charge in [0.25, 0.3) is 0 Å². The molecule has 0 aliphatic carbocycles. The summed E-state index contributed by atoms with van der Waals surface area (Å²) < 4.78 is 23.7. The molecule has 0 fully saturated rings. The molecule has 0 rings (SSSR count). The Kier molecular flexibility index (Phi) is 46.1. The van der Waals surface area contributed by atoms with Crippen LogP contribution in [0.1, 0.15) is 219 Å². The lowest BCUT2D eigenvalue weighted by atomic mass is 10.0. The summed E-state index contributed by atoms with van der Waals surface area (Å²) in [6.07, 6.45) is 66.7. The molecule has 0 radical (unpaired) electrons. The molecule has 3 unspecified atom stereocenters. The van der Waals surface area contributed by atoms with E-state index in [2.05, 4.69) is 92.1 Å². The molecule has 0 bridgehead atoms. The first-order valence-electron chi connectivity index (χ1n) is 27.0. The van der Waals surface area contributed by atoms with Gasteiger partial charge in [-0.05, 0) is 77.0 Å². The zero-order chi connectivity index (χ0) is 48.5. The zero-order valence-corrected chi connectivity index (χ0v) is 44.3. The molecule has 0 aliphatic rings. The minimum atomic E-state index is -4.36. The lowest BCUT2D eigenvalue weighted by molar-refractivity contribution is -0.870. The second kappa shape index (κ2) is 47.7. The molecule has 0 saturated carbocycles. The monoisotopic (exact) mass is 944 g/mol. The van der Waals surface area contributed by atoms with Crippen molar-refractivity contribution in [2.75, 3.05) is 40.9 Å². The van der Waals surface area contributed by atoms with Gasteiger partial charge in [0.05, 0.1) is 39.9 Å². The molecule has 3 atom stereocenters. The van der Waals surface area contributed by atoms with Crippen LogP contribution in [0.25, 0.3) is 0 Å². The molecule has 9 heteroatoms. The Bertz CT molecular complexity index is 1350. The van der Waals surface area contributed by atoms with E-state index in [1.807, 2.05) is 27.2 Å². The standard InChI is InChI=1S/C57H103N2O6P/c1-6-8-10-12-14-16-18-20-22-24-26-28-29-31-33-35-37-39-41-43-45-47-49-51-57(61)58-55(54-65-66(62,63)64-53-52-59(3,4)5)56(60)50-48-46-44-42-40-38-36-34-32-30-27-25-23-21-19-17-15-13-11-9-7-2/h8,10,14,16,20,22,26,28,31,33,40,42,48,50,55-56,60H,6-7,9,11-13,15,17-19,21,23-25,27,29-30,32,34-39,41,43-47,49,51-54H2,1-5H3,(H-,58,61,62,63)/p+1/b10-8-,16-14-,22-20-,28-26-,33-31-,42-40+,50-48+. The third kappa shape index (κ3) is 49.6. The molecule has 0 aromatic carbocycles. The summed E-state index contributed by atoms with van der Waals surface area (Å²) >= 11 is 0. The summed E-state index contributed by atoms with van der Waals surface area (Å²) in [5.74, 6) is -0.200. The van der Waals surface area contributed by atoms with E-state index in [4.69, 9.17) is 9.05 Å². The number of allylic oxidation sites excluding steroid dienone is 13. The maximum Gasteiger partial charge on any atom is 0.472 e. The van der Waals surface area contributed by atoms with Gasteiger partial charge in [-0.2, -0.15) is 0 Å². The number of carbonyl (C=O) groups excluding carboxylic acids is 1. The fourth-order valence-electron chi connectivity index (χ4n) is 7.38. The second-order valence-corrected chi connectivity index (χ2v) is 20.7. The number of aliphatic hydroxyl groups excluding tert-OH is 1. The highest BCUT2D eigenvalue weighted by molar-refractivity contribution is 7.47. The van der Waals surface area contributed by atoms with Crippen LogP contribution < -0.4 is 5.32 Å². The summed E-state index contributed by atoms with van der Waals surface area (Å²) in [4.78, 5) is 23.3. The SMILES string of the molecule is CC/C=C\C/C=C\C/C=C\C/C=C\C/C=C\CCCCCCCCCC(=O)NC(COP(=O)(O)OCC[N+](C)(C)C)C(O)/C=C/CC/C=C/CCCCCCCCCCCCCCCCC. The molecule has 0 aromatic rings. The van der Waals surface area contributed by atoms with Crippen LogP contribution in [0.15, 0.2) is 85.1 Å². The van der Waals surface area contributed by atoms with Crippen molar-refractivity contribution in [1.29, 1.82) is 0 Å². The van der Waals surface area contributed by atoms with Crippen molar-refractivity contribution in [3.05, 3.63) is 85.1 Å². The van der Waals surface area contributed by atoms with Crippen molar-refractivity contribution in [1.82, 2.24) is 5.32 Å². The topological polar surface area (TPSA) is 105 Å². The molecule has 1 amide bonds. The van der Waals surface area contributed by atoms with Crippen molar-refractivity contribution in [2.45, 2.75) is 231 Å². The van der Waals surface area contributed by atoms with Gasteiger partial charge >= 0.3 is 7.82 Å². The summed E-state index contributed by atoms with van der Waals surface area (Å²) in [5.41, 5.74) is 0. The van der Waals surface area contributed by atoms with E-state index < -0.39 is 20.0 Å². The second-order valence-electron chi connectivity index (χ2n) is 19.2. The molecule has 0 aromatic heterocycles. The summed E-state index contributed by atoms with van der Waals surface area (Å²) in [6, 6.07) is -0.875. The predicted molar refractivity (Wildman–Crippen MR) is 286 cm³/mol. The number of hydrogen-bond acceptors (Lipinski definition) is 5. The smallest absolute Gasteiger partial charge is 0.387 e. The van der Waals surface area contributed by atoms with Crippen LogP contribution in [0.4, 0.5) is 0 Å². The zero-order valence-electron chi connectivity index (χ0n) is 43.4. The fraction of sp³-hybridized carbons (Fsp3) is 0.737. The van der Waals surface area contributed by atoms with Crippen molar-refractivity contribution in [3.8, 4) is 0 Å². The van der Waals surface area contributed by atoms with Gasteiger partial charge in [-0.3, -0.25) is 13.8 Å². The van der Waals surface area contributed by atoms with E-state index in [9.17, 15) is 19.4 Å². The van der Waals surface area contributed by atoms with Crippen molar-refractivity contribution in [2.24, 2.45) is 0 Å². The summed E-state index contributed by atoms with van der Waals surface area (Å²) in [6.45, 7) is 4.67. The van der Waals surface area contributed by atoms with Crippen LogP contribution in [0.2, 0.25) is 0 Å². The Morgan fingerprint density at radius 2 is 0.924 bits per heavy atom. The molecule has 0 aliphatic heterocycles. The molecule has 66 heavy (non-hydrogen) atoms. The minimum absolute atomic E-state index is 0.0496. The third-order valence-corrected chi connectivity index (χ3v) is 12.6. The van der Waals surface area contributed by atoms with Crippen molar-refractivity contribution < 1.29 is 32.9 Å². The molecule has 0 spiro atoms. The van der Waals surface area contributed by atoms with E-state index in [0.29, 0.717) is 17.4 Å². The molecule has 0 heterocycles. The highest BCUT2D eigenvalue weighted by Crippen LogP contribution is 2.43. The average molecular weight is 944 g/mol. The molecular weight excluding hydrogens is 840 g/mol. The number of nitrogens with zero attached hydrogens (tertiary/aromatic N) is 1. The number of hydrogen-bond donors (Lipinski definition) is 3. The largest absolute Gasteiger partial charge is 0.472 e. The number of phosphoric acid groups is 1. The lowest BCUT2D eigenvalue weighted by Crippen LogP contribution is -2.45. The van der Waals surface area contributed by atoms with E-state index in [0.717, 1.165) is 83.5 Å². The Morgan fingerprint density at radius 1 is 0.530 bits per heavy atom. The van der Waals surface area contributed by atoms with Gasteiger partial charge in [-0.25, -0.2) is 4.57 Å². The minimum Gasteiger partial charge on any atom is -0.387 e. The summed E-state index contributed by atoms with van der Waals surface area (Å²) in [5, 5.41) is 13.9. The van der Waals surface area contributed by atoms with Crippen LogP contribution >= 0.6 is 7.82 Å². The maximum atomic E-state index is 13.0. The molecule has 0 saturated heterocycles. The highest BCUT2D eigenvalue weighted by Gasteiger charge is 2.27. The van der Waals surface area contributed by atoms with Gasteiger partial charge in [-0.1, -0.05) is 221 Å². The number of phosphoric ester groups is 1. The molecule has 3 N–H and O–H groups in total. The van der Waals surface area contributed by atoms with Gasteiger partial charge in [0.2, 0.25) is 5.91 Å². The Hall–Kier alpha value is -2.32. The number of nitrogens with one attached hydrogen (secondary N) is 1. The quantitative estimate of drug-likeness (QED) is 0.0243. The number of carbonyl (C=O) groups is 1. The van der Waals surface area contributed by atoms with Crippen LogP contribution in [0, 0.1) is 0 Å². The third-order valence-electron chi connectivity index (χ3n) is 11.6. The van der Waals surface area contributed by atoms with Crippen molar-refractivity contribution in [3.63, 3.8) is 0 Å². The molecule has 8 nitrogen and oxygen atoms in total. The van der Waals surface area contributed by atoms with Gasteiger partial charge in [0.1, 0.15) is 13.2 Å². The van der Waals surface area contributed by atoms with Gasteiger partial charge < -0.3 is 19.8 Å². The van der Waals surface area contributed by atoms with Crippen LogP contribution in [0.5, 0.6) is 0 Å². The fourth-order valence-corrected chi connectivity index (χ4v) is 8.11. The number of unbranched alkanes of at least 4 members (excludes halogenated alkanes) is 23. The first-order chi connectivity index (χ1) is 32.0. The average Bonchev–Trinajstić information content (AvgIpc) is 3.28. The number of aliphatic hydroxyl groups is 1. The van der Waals surface area contributed by atoms with E-state index >= 15 is 0 Å². The number of amides is 1. The Balaban J connectivity index is 4.37. The predicted octanol–water partition coefficient (Wildman–Crippen LogP) is 16.1. The first kappa shape index (κ1) is 63.7. The lowest BCUT2D eigenvalue weighted by Gasteiger charge is -2.25. The van der Waals surface area contributed by atoms with E-state index in [1.54, 1.807) is 6.08 Å². The van der Waals surface area contributed by atoms with E-state index in [1.165, 1.54) is 116 Å². The number of quaternary nitrogens is 1.